The molecule has 0 spiro atoms. The number of ether oxygens (including phenoxy) is 1. The fourth-order valence-corrected chi connectivity index (χ4v) is 5.35. The van der Waals surface area contributed by atoms with Crippen LogP contribution >= 0.6 is 0 Å². The van der Waals surface area contributed by atoms with Gasteiger partial charge in [-0.2, -0.15) is 0 Å². The summed E-state index contributed by atoms with van der Waals surface area (Å²) in [4.78, 5) is 14.0. The summed E-state index contributed by atoms with van der Waals surface area (Å²) in [5, 5.41) is 14.4. The van der Waals surface area contributed by atoms with Gasteiger partial charge in [-0.15, -0.1) is 0 Å². The molecule has 2 aliphatic rings. The highest BCUT2D eigenvalue weighted by molar-refractivity contribution is 5.91. The second kappa shape index (κ2) is 8.56. The van der Waals surface area contributed by atoms with Crippen LogP contribution in [0.5, 0.6) is 5.75 Å². The maximum absolute atomic E-state index is 12.8. The van der Waals surface area contributed by atoms with Crippen molar-refractivity contribution in [1.29, 1.82) is 0 Å². The van der Waals surface area contributed by atoms with Crippen molar-refractivity contribution >= 4 is 11.6 Å². The van der Waals surface area contributed by atoms with Crippen LogP contribution in [-0.2, 0) is 4.79 Å². The van der Waals surface area contributed by atoms with Crippen LogP contribution in [-0.4, -0.2) is 36.8 Å². The van der Waals surface area contributed by atoms with Crippen molar-refractivity contribution in [2.75, 3.05) is 25.5 Å². The molecule has 1 saturated heterocycles. The molecule has 5 nitrogen and oxygen atoms in total. The minimum atomic E-state index is -0.636. The summed E-state index contributed by atoms with van der Waals surface area (Å²) in [6, 6.07) is 17.7. The van der Waals surface area contributed by atoms with E-state index >= 15 is 0 Å². The monoisotopic (exact) mass is 395 g/mol. The number of methoxy groups -OCH3 is 1. The number of carbonyl (C=O) groups excluding carboxylic acids is 1. The van der Waals surface area contributed by atoms with E-state index in [1.807, 2.05) is 48.5 Å². The second-order valence-corrected chi connectivity index (χ2v) is 8.42. The van der Waals surface area contributed by atoms with E-state index in [2.05, 4.69) is 11.4 Å². The lowest BCUT2D eigenvalue weighted by Crippen LogP contribution is -3.16. The number of quaternary nitrogens is 1. The fraction of sp³-hybridized carbons (Fsp3) is 0.458. The van der Waals surface area contributed by atoms with Crippen LogP contribution in [0, 0.1) is 5.92 Å². The van der Waals surface area contributed by atoms with E-state index in [9.17, 15) is 9.90 Å². The normalized spacial score (nSPS) is 29.0. The lowest BCUT2D eigenvalue weighted by atomic mass is 9.66. The Morgan fingerprint density at radius 2 is 1.90 bits per heavy atom. The number of piperidine rings is 1. The molecular weight excluding hydrogens is 364 g/mol. The molecule has 3 N–H and O–H groups in total. The number of rotatable bonds is 5. The van der Waals surface area contributed by atoms with E-state index in [1.54, 1.807) is 7.11 Å². The third-order valence-electron chi connectivity index (χ3n) is 6.71. The van der Waals surface area contributed by atoms with Gasteiger partial charge >= 0.3 is 0 Å². The number of hydrogen-bond acceptors (Lipinski definition) is 3. The van der Waals surface area contributed by atoms with Gasteiger partial charge in [0.1, 0.15) is 11.8 Å². The first kappa shape index (κ1) is 19.9. The molecule has 1 amide bonds. The van der Waals surface area contributed by atoms with Gasteiger partial charge in [-0.25, -0.2) is 0 Å². The van der Waals surface area contributed by atoms with E-state index < -0.39 is 5.60 Å². The van der Waals surface area contributed by atoms with Crippen LogP contribution in [0.2, 0.25) is 0 Å². The number of para-hydroxylation sites is 2. The molecule has 0 radical (unpaired) electrons. The molecule has 29 heavy (non-hydrogen) atoms. The Labute approximate surface area is 172 Å². The maximum Gasteiger partial charge on any atom is 0.279 e. The zero-order chi connectivity index (χ0) is 20.3. The van der Waals surface area contributed by atoms with Crippen LogP contribution in [0.3, 0.4) is 0 Å². The Hall–Kier alpha value is -2.37. The number of likely N-dealkylation sites (tertiary alicyclic amines) is 1. The number of anilines is 1. The Morgan fingerprint density at radius 3 is 2.69 bits per heavy atom. The molecule has 1 aliphatic heterocycles. The van der Waals surface area contributed by atoms with Crippen molar-refractivity contribution in [3.8, 4) is 5.75 Å². The highest BCUT2D eigenvalue weighted by Crippen LogP contribution is 2.45. The largest absolute Gasteiger partial charge is 0.496 e. The maximum atomic E-state index is 12.8. The Bertz CT molecular complexity index is 841. The molecular formula is C24H31N2O3+. The zero-order valence-corrected chi connectivity index (χ0v) is 17.1. The third-order valence-corrected chi connectivity index (χ3v) is 6.71. The smallest absolute Gasteiger partial charge is 0.279 e. The topological polar surface area (TPSA) is 63.0 Å². The van der Waals surface area contributed by atoms with Crippen LogP contribution in [0.1, 0.15) is 43.7 Å². The van der Waals surface area contributed by atoms with E-state index in [0.717, 1.165) is 55.6 Å². The van der Waals surface area contributed by atoms with Gasteiger partial charge in [0.05, 0.1) is 24.8 Å². The fourth-order valence-electron chi connectivity index (χ4n) is 5.35. The van der Waals surface area contributed by atoms with Crippen LogP contribution in [0.25, 0.3) is 0 Å². The highest BCUT2D eigenvalue weighted by Gasteiger charge is 2.52. The molecule has 4 rings (SSSR count). The number of nitrogens with one attached hydrogen (secondary N) is 2. The average Bonchev–Trinajstić information content (AvgIpc) is 2.74. The lowest BCUT2D eigenvalue weighted by Gasteiger charge is -2.50. The van der Waals surface area contributed by atoms with Gasteiger partial charge < -0.3 is 20.1 Å². The van der Waals surface area contributed by atoms with Gasteiger partial charge in [-0.3, -0.25) is 4.79 Å². The summed E-state index contributed by atoms with van der Waals surface area (Å²) in [5.41, 5.74) is 1.28. The molecule has 2 aromatic carbocycles. The summed E-state index contributed by atoms with van der Waals surface area (Å²) in [5.74, 6) is 0.987. The summed E-state index contributed by atoms with van der Waals surface area (Å²) < 4.78 is 5.66. The van der Waals surface area contributed by atoms with Gasteiger partial charge in [-0.1, -0.05) is 43.2 Å². The predicted octanol–water partition coefficient (Wildman–Crippen LogP) is 2.58. The van der Waals surface area contributed by atoms with Crippen LogP contribution in [0.4, 0.5) is 5.69 Å². The molecule has 1 aliphatic carbocycles. The molecule has 154 valence electrons. The minimum absolute atomic E-state index is 0.00680. The van der Waals surface area contributed by atoms with E-state index in [0.29, 0.717) is 6.54 Å². The number of benzene rings is 2. The second-order valence-electron chi connectivity index (χ2n) is 8.42. The number of aliphatic hydroxyl groups is 1. The molecule has 2 fully saturated rings. The minimum Gasteiger partial charge on any atom is -0.496 e. The Balaban J connectivity index is 1.61. The van der Waals surface area contributed by atoms with Crippen molar-refractivity contribution in [3.63, 3.8) is 0 Å². The van der Waals surface area contributed by atoms with E-state index in [-0.39, 0.29) is 17.9 Å². The van der Waals surface area contributed by atoms with Crippen molar-refractivity contribution in [3.05, 3.63) is 60.2 Å². The van der Waals surface area contributed by atoms with Gasteiger partial charge in [0.2, 0.25) is 0 Å². The third kappa shape index (κ3) is 4.16. The van der Waals surface area contributed by atoms with Gasteiger partial charge in [0, 0.05) is 18.0 Å². The number of carbonyl (C=O) groups is 1. The van der Waals surface area contributed by atoms with Crippen LogP contribution in [0.15, 0.2) is 54.6 Å². The first-order valence-electron chi connectivity index (χ1n) is 10.7. The van der Waals surface area contributed by atoms with Crippen molar-refractivity contribution in [2.45, 2.75) is 43.7 Å². The zero-order valence-electron chi connectivity index (χ0n) is 17.1. The molecule has 1 heterocycles. The van der Waals surface area contributed by atoms with Crippen molar-refractivity contribution in [2.24, 2.45) is 5.92 Å². The Morgan fingerprint density at radius 1 is 1.14 bits per heavy atom. The van der Waals surface area contributed by atoms with Crippen molar-refractivity contribution in [1.82, 2.24) is 0 Å². The first-order chi connectivity index (χ1) is 14.1. The highest BCUT2D eigenvalue weighted by atomic mass is 16.5. The molecule has 1 saturated carbocycles. The van der Waals surface area contributed by atoms with E-state index in [4.69, 9.17) is 4.74 Å². The Kier molecular flexibility index (Phi) is 5.88. The SMILES string of the molecule is COc1ccccc1[C@@H]1[C@@H]2CCCC[C@]2(O)CC[NH+]1CC(=O)Nc1ccccc1. The summed E-state index contributed by atoms with van der Waals surface area (Å²) >= 11 is 0. The van der Waals surface area contributed by atoms with E-state index in [1.165, 1.54) is 4.90 Å². The summed E-state index contributed by atoms with van der Waals surface area (Å²) in [7, 11) is 1.69. The number of hydrogen-bond donors (Lipinski definition) is 3. The van der Waals surface area contributed by atoms with Crippen molar-refractivity contribution < 1.29 is 19.5 Å². The summed E-state index contributed by atoms with van der Waals surface area (Å²) in [6.07, 6.45) is 4.80. The van der Waals surface area contributed by atoms with Gasteiger partial charge in [0.25, 0.3) is 5.91 Å². The first-order valence-corrected chi connectivity index (χ1v) is 10.7. The molecule has 5 heteroatoms. The van der Waals surface area contributed by atoms with Gasteiger partial charge in [0.15, 0.2) is 6.54 Å². The molecule has 1 unspecified atom stereocenters. The molecule has 4 atom stereocenters. The predicted molar refractivity (Wildman–Crippen MR) is 113 cm³/mol. The summed E-state index contributed by atoms with van der Waals surface area (Å²) in [6.45, 7) is 1.15. The molecule has 0 bridgehead atoms. The lowest BCUT2D eigenvalue weighted by molar-refractivity contribution is -0.937. The van der Waals surface area contributed by atoms with Crippen LogP contribution < -0.4 is 15.0 Å². The molecule has 0 aromatic heterocycles. The number of amides is 1. The van der Waals surface area contributed by atoms with Gasteiger partial charge in [-0.05, 0) is 37.1 Å². The standard InChI is InChI=1S/C24H30N2O3/c1-29-21-13-6-5-11-19(21)23-20-12-7-8-14-24(20,28)15-16-26(23)17-22(27)25-18-9-3-2-4-10-18/h2-6,9-11,13,20,23,28H,7-8,12,14-17H2,1H3,(H,25,27)/p+1/t20-,23+,24-/m0/s1. The molecule has 2 aromatic rings. The number of fused-ring (bicyclic) bond motifs is 1. The quantitative estimate of drug-likeness (QED) is 0.729. The average molecular weight is 396 g/mol.